The maximum absolute atomic E-state index is 5.61. The molecule has 4 nitrogen and oxygen atoms in total. The van der Waals surface area contributed by atoms with Gasteiger partial charge in [-0.2, -0.15) is 10.2 Å². The molecule has 0 radical (unpaired) electrons. The van der Waals surface area contributed by atoms with E-state index < -0.39 is 0 Å². The van der Waals surface area contributed by atoms with E-state index in [0.29, 0.717) is 0 Å². The van der Waals surface area contributed by atoms with Crippen molar-refractivity contribution in [2.24, 2.45) is 10.2 Å². The normalized spacial score (nSPS) is 10.4. The van der Waals surface area contributed by atoms with Crippen LogP contribution in [-0.4, -0.2) is 13.2 Å². The van der Waals surface area contributed by atoms with Gasteiger partial charge < -0.3 is 9.47 Å². The Morgan fingerprint density at radius 2 is 1.39 bits per heavy atom. The fourth-order valence-corrected chi connectivity index (χ4v) is 1.79. The van der Waals surface area contributed by atoms with Crippen LogP contribution in [0.3, 0.4) is 0 Å². The zero-order chi connectivity index (χ0) is 16.3. The number of azo groups is 1. The first kappa shape index (κ1) is 16.6. The average Bonchev–Trinajstić information content (AvgIpc) is 2.60. The number of hydrogen-bond donors (Lipinski definition) is 0. The smallest absolute Gasteiger partial charge is 0.148 e. The SMILES string of the molecule is C#CCOc1ccc(N=Nc2ccc(OCCCC)cc2)cc1. The van der Waals surface area contributed by atoms with Crippen LogP contribution in [0.1, 0.15) is 19.8 Å². The van der Waals surface area contributed by atoms with Crippen molar-refractivity contribution in [3.05, 3.63) is 48.5 Å². The molecule has 0 saturated carbocycles. The van der Waals surface area contributed by atoms with Crippen LogP contribution in [0.2, 0.25) is 0 Å². The zero-order valence-corrected chi connectivity index (χ0v) is 13.2. The Labute approximate surface area is 137 Å². The summed E-state index contributed by atoms with van der Waals surface area (Å²) in [6, 6.07) is 14.9. The van der Waals surface area contributed by atoms with Crippen LogP contribution in [0.5, 0.6) is 11.5 Å². The average molecular weight is 308 g/mol. The topological polar surface area (TPSA) is 43.2 Å². The maximum atomic E-state index is 5.61. The third-order valence-electron chi connectivity index (χ3n) is 3.04. The highest BCUT2D eigenvalue weighted by Gasteiger charge is 1.96. The van der Waals surface area contributed by atoms with Gasteiger partial charge in [-0.1, -0.05) is 19.3 Å². The number of benzene rings is 2. The van der Waals surface area contributed by atoms with Crippen molar-refractivity contribution < 1.29 is 9.47 Å². The van der Waals surface area contributed by atoms with Crippen LogP contribution in [0.15, 0.2) is 58.8 Å². The van der Waals surface area contributed by atoms with E-state index in [1.807, 2.05) is 48.5 Å². The first-order valence-electron chi connectivity index (χ1n) is 7.62. The highest BCUT2D eigenvalue weighted by molar-refractivity contribution is 5.44. The molecule has 0 bridgehead atoms. The molecule has 23 heavy (non-hydrogen) atoms. The first-order valence-corrected chi connectivity index (χ1v) is 7.62. The van der Waals surface area contributed by atoms with Crippen molar-refractivity contribution in [2.75, 3.05) is 13.2 Å². The van der Waals surface area contributed by atoms with Crippen LogP contribution < -0.4 is 9.47 Å². The monoisotopic (exact) mass is 308 g/mol. The maximum Gasteiger partial charge on any atom is 0.148 e. The molecule has 0 saturated heterocycles. The molecule has 0 N–H and O–H groups in total. The molecule has 4 heteroatoms. The minimum atomic E-state index is 0.257. The Balaban J connectivity index is 1.90. The van der Waals surface area contributed by atoms with E-state index in [-0.39, 0.29) is 6.61 Å². The summed E-state index contributed by atoms with van der Waals surface area (Å²) in [5, 5.41) is 8.39. The molecule has 0 aromatic heterocycles. The van der Waals surface area contributed by atoms with Gasteiger partial charge in [0.1, 0.15) is 18.1 Å². The van der Waals surface area contributed by atoms with Gasteiger partial charge in [0.05, 0.1) is 18.0 Å². The number of unbranched alkanes of at least 4 members (excludes halogenated alkanes) is 1. The molecule has 0 fully saturated rings. The lowest BCUT2D eigenvalue weighted by molar-refractivity contribution is 0.309. The van der Waals surface area contributed by atoms with Gasteiger partial charge in [-0.05, 0) is 55.0 Å². The first-order chi connectivity index (χ1) is 11.3. The molecule has 0 heterocycles. The minimum Gasteiger partial charge on any atom is -0.494 e. The summed E-state index contributed by atoms with van der Waals surface area (Å²) in [4.78, 5) is 0. The van der Waals surface area contributed by atoms with Gasteiger partial charge >= 0.3 is 0 Å². The number of terminal acetylenes is 1. The lowest BCUT2D eigenvalue weighted by Gasteiger charge is -2.04. The van der Waals surface area contributed by atoms with Crippen LogP contribution in [0.25, 0.3) is 0 Å². The lowest BCUT2D eigenvalue weighted by Crippen LogP contribution is -1.95. The summed E-state index contributed by atoms with van der Waals surface area (Å²) >= 11 is 0. The molecule has 0 amide bonds. The van der Waals surface area contributed by atoms with Crippen molar-refractivity contribution in [1.29, 1.82) is 0 Å². The van der Waals surface area contributed by atoms with Gasteiger partial charge in [0.15, 0.2) is 0 Å². The van der Waals surface area contributed by atoms with Crippen molar-refractivity contribution in [3.63, 3.8) is 0 Å². The van der Waals surface area contributed by atoms with E-state index in [1.165, 1.54) is 0 Å². The number of hydrogen-bond acceptors (Lipinski definition) is 4. The zero-order valence-electron chi connectivity index (χ0n) is 13.2. The van der Waals surface area contributed by atoms with Crippen molar-refractivity contribution in [1.82, 2.24) is 0 Å². The highest BCUT2D eigenvalue weighted by Crippen LogP contribution is 2.23. The van der Waals surface area contributed by atoms with Gasteiger partial charge in [-0.15, -0.1) is 6.42 Å². The molecule has 0 aliphatic carbocycles. The van der Waals surface area contributed by atoms with Crippen molar-refractivity contribution in [3.8, 4) is 23.8 Å². The molecule has 0 aliphatic heterocycles. The molecular weight excluding hydrogens is 288 g/mol. The quantitative estimate of drug-likeness (QED) is 0.377. The van der Waals surface area contributed by atoms with Crippen LogP contribution in [0, 0.1) is 12.3 Å². The minimum absolute atomic E-state index is 0.257. The predicted octanol–water partition coefficient (Wildman–Crippen LogP) is 5.29. The Morgan fingerprint density at radius 3 is 1.87 bits per heavy atom. The molecule has 2 aromatic carbocycles. The molecule has 0 spiro atoms. The summed E-state index contributed by atoms with van der Waals surface area (Å²) in [5.41, 5.74) is 1.53. The summed E-state index contributed by atoms with van der Waals surface area (Å²) < 4.78 is 10.9. The van der Waals surface area contributed by atoms with E-state index in [2.05, 4.69) is 23.1 Å². The van der Waals surface area contributed by atoms with Crippen LogP contribution in [-0.2, 0) is 0 Å². The number of ether oxygens (including phenoxy) is 2. The van der Waals surface area contributed by atoms with Gasteiger partial charge in [0.25, 0.3) is 0 Å². The van der Waals surface area contributed by atoms with E-state index in [4.69, 9.17) is 15.9 Å². The lowest BCUT2D eigenvalue weighted by atomic mass is 10.3. The van der Waals surface area contributed by atoms with Gasteiger partial charge in [0.2, 0.25) is 0 Å². The molecular formula is C19H20N2O2. The van der Waals surface area contributed by atoms with E-state index in [9.17, 15) is 0 Å². The molecule has 0 atom stereocenters. The summed E-state index contributed by atoms with van der Waals surface area (Å²) in [7, 11) is 0. The summed E-state index contributed by atoms with van der Waals surface area (Å²) in [6.45, 7) is 3.14. The Kier molecular flexibility index (Phi) is 6.67. The predicted molar refractivity (Wildman–Crippen MR) is 91.8 cm³/mol. The van der Waals surface area contributed by atoms with Crippen molar-refractivity contribution in [2.45, 2.75) is 19.8 Å². The van der Waals surface area contributed by atoms with E-state index in [0.717, 1.165) is 42.3 Å². The Morgan fingerprint density at radius 1 is 0.870 bits per heavy atom. The second kappa shape index (κ2) is 9.26. The fraction of sp³-hybridized carbons (Fsp3) is 0.263. The summed E-state index contributed by atoms with van der Waals surface area (Å²) in [6.07, 6.45) is 7.33. The third-order valence-corrected chi connectivity index (χ3v) is 3.04. The van der Waals surface area contributed by atoms with E-state index in [1.54, 1.807) is 0 Å². The van der Waals surface area contributed by atoms with Crippen molar-refractivity contribution >= 4 is 11.4 Å². The second-order valence-corrected chi connectivity index (χ2v) is 4.88. The molecule has 0 unspecified atom stereocenters. The highest BCUT2D eigenvalue weighted by atomic mass is 16.5. The largest absolute Gasteiger partial charge is 0.494 e. The summed E-state index contributed by atoms with van der Waals surface area (Å²) in [5.74, 6) is 4.00. The van der Waals surface area contributed by atoms with Gasteiger partial charge in [-0.25, -0.2) is 0 Å². The molecule has 0 aliphatic rings. The second-order valence-electron chi connectivity index (χ2n) is 4.88. The van der Waals surface area contributed by atoms with Crippen LogP contribution in [0.4, 0.5) is 11.4 Å². The Hall–Kier alpha value is -2.80. The Bertz CT molecular complexity index is 655. The third kappa shape index (κ3) is 5.84. The molecule has 118 valence electrons. The number of rotatable bonds is 8. The van der Waals surface area contributed by atoms with E-state index >= 15 is 0 Å². The van der Waals surface area contributed by atoms with Crippen LogP contribution >= 0.6 is 0 Å². The standard InChI is InChI=1S/C19H20N2O2/c1-3-5-15-23-19-12-8-17(9-13-19)21-20-16-6-10-18(11-7-16)22-14-4-2/h2,6-13H,3,5,14-15H2,1H3. The van der Waals surface area contributed by atoms with Gasteiger partial charge in [0, 0.05) is 0 Å². The fourth-order valence-electron chi connectivity index (χ4n) is 1.79. The number of nitrogens with zero attached hydrogens (tertiary/aromatic N) is 2. The van der Waals surface area contributed by atoms with Gasteiger partial charge in [-0.3, -0.25) is 0 Å². The molecule has 2 rings (SSSR count). The molecule has 2 aromatic rings.